The quantitative estimate of drug-likeness (QED) is 0.568. The molecule has 0 unspecified atom stereocenters. The van der Waals surface area contributed by atoms with Crippen molar-refractivity contribution in [2.24, 2.45) is 0 Å². The van der Waals surface area contributed by atoms with Crippen LogP contribution in [0.25, 0.3) is 0 Å². The summed E-state index contributed by atoms with van der Waals surface area (Å²) in [6.45, 7) is 0. The van der Waals surface area contributed by atoms with Gasteiger partial charge in [0.1, 0.15) is 18.3 Å². The summed E-state index contributed by atoms with van der Waals surface area (Å²) < 4.78 is 10.3. The number of rotatable bonds is 0. The molecule has 1 aliphatic heterocycles. The summed E-state index contributed by atoms with van der Waals surface area (Å²) in [6, 6.07) is 7.50. The lowest BCUT2D eigenvalue weighted by molar-refractivity contribution is 0.441. The van der Waals surface area contributed by atoms with Gasteiger partial charge >= 0.3 is 0 Å². The predicted octanol–water partition coefficient (Wildman–Crippen LogP) is 2.24. The number of hydrogen-bond acceptors (Lipinski definition) is 3. The molecular formula is C9H6O2S. The highest BCUT2D eigenvalue weighted by Crippen LogP contribution is 2.21. The van der Waals surface area contributed by atoms with Gasteiger partial charge in [-0.1, -0.05) is 12.1 Å². The standard InChI is InChI=1S/C9H6O2S/c12-9-7-3-1-2-4-8(7)10-5-6-11-9/h1-6H. The topological polar surface area (TPSA) is 18.5 Å². The average molecular weight is 178 g/mol. The van der Waals surface area contributed by atoms with Gasteiger partial charge in [0.25, 0.3) is 0 Å². The Balaban J connectivity index is 2.52. The first-order valence-corrected chi connectivity index (χ1v) is 3.90. The maximum atomic E-state index is 5.23. The Bertz CT molecular complexity index is 344. The molecule has 2 rings (SSSR count). The van der Waals surface area contributed by atoms with Crippen LogP contribution < -0.4 is 4.74 Å². The molecule has 0 aromatic heterocycles. The molecule has 0 atom stereocenters. The number of fused-ring (bicyclic) bond motifs is 1. The maximum Gasteiger partial charge on any atom is 0.201 e. The van der Waals surface area contributed by atoms with Gasteiger partial charge in [-0.25, -0.2) is 0 Å². The van der Waals surface area contributed by atoms with Gasteiger partial charge in [-0.3, -0.25) is 0 Å². The van der Waals surface area contributed by atoms with Gasteiger partial charge in [0.05, 0.1) is 5.56 Å². The molecule has 0 spiro atoms. The van der Waals surface area contributed by atoms with Gasteiger partial charge in [0, 0.05) is 0 Å². The second-order valence-corrected chi connectivity index (χ2v) is 2.66. The summed E-state index contributed by atoms with van der Waals surface area (Å²) in [4.78, 5) is 0. The largest absolute Gasteiger partial charge is 0.461 e. The second kappa shape index (κ2) is 2.95. The third kappa shape index (κ3) is 1.19. The van der Waals surface area contributed by atoms with Crippen LogP contribution in [-0.2, 0) is 4.74 Å². The molecule has 2 nitrogen and oxygen atoms in total. The molecule has 12 heavy (non-hydrogen) atoms. The molecule has 1 aromatic rings. The first kappa shape index (κ1) is 7.31. The van der Waals surface area contributed by atoms with Crippen LogP contribution in [0.4, 0.5) is 0 Å². The van der Waals surface area contributed by atoms with E-state index >= 15 is 0 Å². The predicted molar refractivity (Wildman–Crippen MR) is 49.0 cm³/mol. The van der Waals surface area contributed by atoms with Gasteiger partial charge in [0.15, 0.2) is 0 Å². The van der Waals surface area contributed by atoms with Crippen molar-refractivity contribution in [3.63, 3.8) is 0 Å². The molecule has 1 aromatic carbocycles. The van der Waals surface area contributed by atoms with Crippen molar-refractivity contribution < 1.29 is 9.47 Å². The van der Waals surface area contributed by atoms with E-state index in [4.69, 9.17) is 21.7 Å². The monoisotopic (exact) mass is 178 g/mol. The molecule has 60 valence electrons. The van der Waals surface area contributed by atoms with E-state index in [9.17, 15) is 0 Å². The highest BCUT2D eigenvalue weighted by Gasteiger charge is 2.10. The molecule has 1 heterocycles. The minimum Gasteiger partial charge on any atom is -0.461 e. The lowest BCUT2D eigenvalue weighted by Crippen LogP contribution is -1.97. The SMILES string of the molecule is S=C1OC=COc2ccccc21. The van der Waals surface area contributed by atoms with Crippen LogP contribution in [0.3, 0.4) is 0 Å². The van der Waals surface area contributed by atoms with E-state index in [1.54, 1.807) is 0 Å². The van der Waals surface area contributed by atoms with Crippen molar-refractivity contribution >= 4 is 17.3 Å². The highest BCUT2D eigenvalue weighted by atomic mass is 32.1. The van der Waals surface area contributed by atoms with Crippen LogP contribution in [0.5, 0.6) is 5.75 Å². The summed E-state index contributed by atoms with van der Waals surface area (Å²) in [5.41, 5.74) is 0.817. The van der Waals surface area contributed by atoms with Crippen molar-refractivity contribution in [3.8, 4) is 5.75 Å². The summed E-state index contributed by atoms with van der Waals surface area (Å²) in [5.74, 6) is 0.733. The molecule has 0 N–H and O–H groups in total. The summed E-state index contributed by atoms with van der Waals surface area (Å²) in [5, 5.41) is 0.444. The molecular weight excluding hydrogens is 172 g/mol. The van der Waals surface area contributed by atoms with Crippen LogP contribution in [0.2, 0.25) is 0 Å². The van der Waals surface area contributed by atoms with Gasteiger partial charge in [-0.2, -0.15) is 0 Å². The van der Waals surface area contributed by atoms with Crippen LogP contribution >= 0.6 is 12.2 Å². The van der Waals surface area contributed by atoms with Gasteiger partial charge in [-0.15, -0.1) is 0 Å². The fourth-order valence-electron chi connectivity index (χ4n) is 0.992. The van der Waals surface area contributed by atoms with E-state index in [0.717, 1.165) is 11.3 Å². The molecule has 0 saturated carbocycles. The fourth-order valence-corrected chi connectivity index (χ4v) is 1.22. The molecule has 0 saturated heterocycles. The normalized spacial score (nSPS) is 14.2. The van der Waals surface area contributed by atoms with Crippen LogP contribution in [-0.4, -0.2) is 5.05 Å². The van der Waals surface area contributed by atoms with Gasteiger partial charge < -0.3 is 9.47 Å². The first-order valence-electron chi connectivity index (χ1n) is 3.49. The Labute approximate surface area is 75.4 Å². The van der Waals surface area contributed by atoms with Crippen LogP contribution in [0.15, 0.2) is 36.8 Å². The van der Waals surface area contributed by atoms with Crippen molar-refractivity contribution in [3.05, 3.63) is 42.4 Å². The highest BCUT2D eigenvalue weighted by molar-refractivity contribution is 7.80. The van der Waals surface area contributed by atoms with Gasteiger partial charge in [-0.05, 0) is 24.4 Å². The smallest absolute Gasteiger partial charge is 0.201 e. The average Bonchev–Trinajstić information content (AvgIpc) is 2.29. The van der Waals surface area contributed by atoms with E-state index in [0.29, 0.717) is 5.05 Å². The fraction of sp³-hybridized carbons (Fsp3) is 0. The van der Waals surface area contributed by atoms with Crippen molar-refractivity contribution in [1.29, 1.82) is 0 Å². The zero-order valence-electron chi connectivity index (χ0n) is 6.19. The summed E-state index contributed by atoms with van der Waals surface area (Å²) >= 11 is 4.99. The van der Waals surface area contributed by atoms with Crippen LogP contribution in [0, 0.1) is 0 Å². The number of benzene rings is 1. The van der Waals surface area contributed by atoms with Crippen LogP contribution in [0.1, 0.15) is 5.56 Å². The first-order chi connectivity index (χ1) is 5.88. The van der Waals surface area contributed by atoms with E-state index in [1.807, 2.05) is 24.3 Å². The Morgan fingerprint density at radius 3 is 2.67 bits per heavy atom. The van der Waals surface area contributed by atoms with Crippen molar-refractivity contribution in [2.45, 2.75) is 0 Å². The minimum absolute atomic E-state index is 0.444. The molecule has 3 heteroatoms. The molecule has 0 fully saturated rings. The van der Waals surface area contributed by atoms with E-state index in [1.165, 1.54) is 12.5 Å². The zero-order valence-corrected chi connectivity index (χ0v) is 7.01. The number of para-hydroxylation sites is 1. The Hall–Kier alpha value is -1.35. The third-order valence-electron chi connectivity index (χ3n) is 1.53. The lowest BCUT2D eigenvalue weighted by Gasteiger charge is -2.03. The van der Waals surface area contributed by atoms with Gasteiger partial charge in [0.2, 0.25) is 5.05 Å². The van der Waals surface area contributed by atoms with Crippen molar-refractivity contribution in [2.75, 3.05) is 0 Å². The number of hydrogen-bond donors (Lipinski definition) is 0. The third-order valence-corrected chi connectivity index (χ3v) is 1.85. The summed E-state index contributed by atoms with van der Waals surface area (Å²) in [7, 11) is 0. The molecule has 0 amide bonds. The minimum atomic E-state index is 0.444. The lowest BCUT2D eigenvalue weighted by atomic mass is 10.2. The number of ether oxygens (including phenoxy) is 2. The molecule has 0 bridgehead atoms. The molecule has 0 aliphatic carbocycles. The summed E-state index contributed by atoms with van der Waals surface area (Å²) in [6.07, 6.45) is 2.90. The Morgan fingerprint density at radius 2 is 1.75 bits per heavy atom. The zero-order chi connectivity index (χ0) is 8.39. The van der Waals surface area contributed by atoms with E-state index < -0.39 is 0 Å². The van der Waals surface area contributed by atoms with E-state index in [2.05, 4.69) is 0 Å². The maximum absolute atomic E-state index is 5.23. The van der Waals surface area contributed by atoms with Crippen molar-refractivity contribution in [1.82, 2.24) is 0 Å². The van der Waals surface area contributed by atoms with E-state index in [-0.39, 0.29) is 0 Å². The molecule has 1 aliphatic rings. The number of thiocarbonyl (C=S) groups is 1. The second-order valence-electron chi connectivity index (χ2n) is 2.29. The molecule has 0 radical (unpaired) electrons. The Kier molecular flexibility index (Phi) is 1.80. The Morgan fingerprint density at radius 1 is 1.00 bits per heavy atom.